The Balaban J connectivity index is 1.83. The molecule has 1 aliphatic rings. The second-order valence-corrected chi connectivity index (χ2v) is 5.92. The molecule has 23 heavy (non-hydrogen) atoms. The zero-order chi connectivity index (χ0) is 16.2. The van der Waals surface area contributed by atoms with Gasteiger partial charge in [0.15, 0.2) is 5.82 Å². The van der Waals surface area contributed by atoms with E-state index in [9.17, 15) is 4.79 Å². The van der Waals surface area contributed by atoms with Crippen LogP contribution in [0.2, 0.25) is 0 Å². The number of likely N-dealkylation sites (tertiary alicyclic amines) is 1. The Hall–Kier alpha value is -2.21. The fraction of sp³-hybridized carbons (Fsp3) is 0.471. The summed E-state index contributed by atoms with van der Waals surface area (Å²) in [5.74, 6) is 1.38. The van der Waals surface area contributed by atoms with Crippen LogP contribution in [0.15, 0.2) is 30.6 Å². The summed E-state index contributed by atoms with van der Waals surface area (Å²) in [4.78, 5) is 19.1. The highest BCUT2D eigenvalue weighted by Gasteiger charge is 2.29. The minimum Gasteiger partial charge on any atom is -0.338 e. The summed E-state index contributed by atoms with van der Waals surface area (Å²) in [6, 6.07) is 5.70. The molecule has 122 valence electrons. The fourth-order valence-electron chi connectivity index (χ4n) is 3.21. The van der Waals surface area contributed by atoms with E-state index in [2.05, 4.69) is 15.4 Å². The molecule has 0 spiro atoms. The molecule has 3 rings (SSSR count). The van der Waals surface area contributed by atoms with Crippen molar-refractivity contribution >= 4 is 5.91 Å². The Bertz CT molecular complexity index is 667. The highest BCUT2D eigenvalue weighted by Crippen LogP contribution is 2.21. The number of amides is 1. The van der Waals surface area contributed by atoms with Crippen molar-refractivity contribution in [1.29, 1.82) is 0 Å². The van der Waals surface area contributed by atoms with Crippen LogP contribution in [0.5, 0.6) is 0 Å². The van der Waals surface area contributed by atoms with Crippen molar-refractivity contribution in [2.75, 3.05) is 26.7 Å². The third kappa shape index (κ3) is 3.12. The van der Waals surface area contributed by atoms with E-state index in [4.69, 9.17) is 0 Å². The lowest BCUT2D eigenvalue weighted by Crippen LogP contribution is -2.30. The summed E-state index contributed by atoms with van der Waals surface area (Å²) >= 11 is 0. The van der Waals surface area contributed by atoms with Gasteiger partial charge in [-0.05, 0) is 44.5 Å². The minimum absolute atomic E-state index is 0.0858. The zero-order valence-electron chi connectivity index (χ0n) is 13.7. The number of hydrogen-bond acceptors (Lipinski definition) is 4. The molecule has 1 saturated heterocycles. The summed E-state index contributed by atoms with van der Waals surface area (Å²) < 4.78 is 1.77. The van der Waals surface area contributed by atoms with Gasteiger partial charge in [-0.25, -0.2) is 9.67 Å². The lowest BCUT2D eigenvalue weighted by molar-refractivity contribution is 0.0786. The number of hydrogen-bond donors (Lipinski definition) is 1. The van der Waals surface area contributed by atoms with Gasteiger partial charge in [0.25, 0.3) is 5.91 Å². The van der Waals surface area contributed by atoms with Crippen molar-refractivity contribution in [3.05, 3.63) is 41.9 Å². The van der Waals surface area contributed by atoms with Crippen LogP contribution in [0.3, 0.4) is 0 Å². The number of rotatable bonds is 5. The Morgan fingerprint density at radius 2 is 2.30 bits per heavy atom. The lowest BCUT2D eigenvalue weighted by atomic mass is 10.1. The molecule has 0 bridgehead atoms. The molecule has 6 nitrogen and oxygen atoms in total. The zero-order valence-corrected chi connectivity index (χ0v) is 13.7. The van der Waals surface area contributed by atoms with E-state index >= 15 is 0 Å². The van der Waals surface area contributed by atoms with Crippen molar-refractivity contribution in [2.45, 2.75) is 19.8 Å². The second-order valence-electron chi connectivity index (χ2n) is 5.92. The molecule has 2 aromatic rings. The predicted octanol–water partition coefficient (Wildman–Crippen LogP) is 1.51. The maximum atomic E-state index is 12.9. The number of pyridine rings is 1. The van der Waals surface area contributed by atoms with E-state index in [0.29, 0.717) is 11.5 Å². The first-order chi connectivity index (χ1) is 11.2. The molecular weight excluding hydrogens is 290 g/mol. The Labute approximate surface area is 136 Å². The highest BCUT2D eigenvalue weighted by atomic mass is 16.2. The van der Waals surface area contributed by atoms with Crippen LogP contribution >= 0.6 is 0 Å². The largest absolute Gasteiger partial charge is 0.338 e. The second kappa shape index (κ2) is 6.91. The Morgan fingerprint density at radius 1 is 1.43 bits per heavy atom. The van der Waals surface area contributed by atoms with Gasteiger partial charge in [-0.1, -0.05) is 13.0 Å². The normalized spacial score (nSPS) is 17.7. The van der Waals surface area contributed by atoms with Crippen LogP contribution in [0.4, 0.5) is 0 Å². The van der Waals surface area contributed by atoms with Gasteiger partial charge in [-0.15, -0.1) is 0 Å². The molecule has 1 amide bonds. The topological polar surface area (TPSA) is 63.1 Å². The Kier molecular flexibility index (Phi) is 4.71. The van der Waals surface area contributed by atoms with Crippen LogP contribution < -0.4 is 5.32 Å². The Morgan fingerprint density at radius 3 is 3.00 bits per heavy atom. The van der Waals surface area contributed by atoms with E-state index in [-0.39, 0.29) is 5.91 Å². The first-order valence-corrected chi connectivity index (χ1v) is 8.16. The number of carbonyl (C=O) groups is 1. The van der Waals surface area contributed by atoms with Gasteiger partial charge in [0.2, 0.25) is 0 Å². The number of carbonyl (C=O) groups excluding carboxylic acids is 1. The molecule has 0 radical (unpaired) electrons. The molecule has 1 aliphatic heterocycles. The van der Waals surface area contributed by atoms with Gasteiger partial charge >= 0.3 is 0 Å². The maximum absolute atomic E-state index is 12.9. The van der Waals surface area contributed by atoms with Gasteiger partial charge in [0.1, 0.15) is 0 Å². The summed E-state index contributed by atoms with van der Waals surface area (Å²) in [5, 5.41) is 7.59. The van der Waals surface area contributed by atoms with Crippen LogP contribution in [0.25, 0.3) is 5.82 Å². The van der Waals surface area contributed by atoms with Crippen molar-refractivity contribution in [3.8, 4) is 5.82 Å². The summed E-state index contributed by atoms with van der Waals surface area (Å²) in [6.45, 7) is 4.64. The predicted molar refractivity (Wildman–Crippen MR) is 88.7 cm³/mol. The molecule has 1 N–H and O–H groups in total. The molecule has 1 fully saturated rings. The third-order valence-electron chi connectivity index (χ3n) is 4.37. The molecule has 3 heterocycles. The fourth-order valence-corrected chi connectivity index (χ4v) is 3.21. The lowest BCUT2D eigenvalue weighted by Gasteiger charge is -2.17. The first-order valence-electron chi connectivity index (χ1n) is 8.16. The molecule has 2 aromatic heterocycles. The monoisotopic (exact) mass is 313 g/mol. The molecule has 0 aliphatic carbocycles. The standard InChI is InChI=1S/C17H23N5O/c1-3-15-14(11-20-22(15)16-6-4-5-8-19-16)17(23)21-9-7-13(12-21)10-18-2/h4-6,8,11,13,18H,3,7,9-10,12H2,1-2H3. The quantitative estimate of drug-likeness (QED) is 0.909. The molecule has 1 atom stereocenters. The van der Waals surface area contributed by atoms with Gasteiger partial charge in [-0.2, -0.15) is 5.10 Å². The highest BCUT2D eigenvalue weighted by molar-refractivity contribution is 5.95. The number of aromatic nitrogens is 3. The first kappa shape index (κ1) is 15.7. The van der Waals surface area contributed by atoms with Gasteiger partial charge in [0.05, 0.1) is 17.5 Å². The average molecular weight is 313 g/mol. The summed E-state index contributed by atoms with van der Waals surface area (Å²) in [6.07, 6.45) is 5.22. The van der Waals surface area contributed by atoms with Gasteiger partial charge < -0.3 is 10.2 Å². The maximum Gasteiger partial charge on any atom is 0.257 e. The van der Waals surface area contributed by atoms with E-state index in [0.717, 1.165) is 44.0 Å². The van der Waals surface area contributed by atoms with Crippen molar-refractivity contribution in [1.82, 2.24) is 25.0 Å². The van der Waals surface area contributed by atoms with Crippen LogP contribution in [-0.2, 0) is 6.42 Å². The van der Waals surface area contributed by atoms with Crippen LogP contribution in [-0.4, -0.2) is 52.3 Å². The number of nitrogens with one attached hydrogen (secondary N) is 1. The summed E-state index contributed by atoms with van der Waals surface area (Å²) in [7, 11) is 1.95. The van der Waals surface area contributed by atoms with Crippen LogP contribution in [0.1, 0.15) is 29.4 Å². The van der Waals surface area contributed by atoms with Gasteiger partial charge in [-0.3, -0.25) is 4.79 Å². The molecule has 0 saturated carbocycles. The van der Waals surface area contributed by atoms with Crippen molar-refractivity contribution in [3.63, 3.8) is 0 Å². The van der Waals surface area contributed by atoms with E-state index in [1.807, 2.05) is 37.1 Å². The van der Waals surface area contributed by atoms with Crippen LogP contribution in [0, 0.1) is 5.92 Å². The molecule has 1 unspecified atom stereocenters. The molecule has 0 aromatic carbocycles. The number of nitrogens with zero attached hydrogens (tertiary/aromatic N) is 4. The van der Waals surface area contributed by atoms with E-state index in [1.54, 1.807) is 17.1 Å². The molecular formula is C17H23N5O. The van der Waals surface area contributed by atoms with E-state index in [1.165, 1.54) is 0 Å². The average Bonchev–Trinajstić information content (AvgIpc) is 3.22. The van der Waals surface area contributed by atoms with E-state index < -0.39 is 0 Å². The third-order valence-corrected chi connectivity index (χ3v) is 4.37. The SMILES string of the molecule is CCc1c(C(=O)N2CCC(CNC)C2)cnn1-c1ccccn1. The molecule has 6 heteroatoms. The van der Waals surface area contributed by atoms with Crippen molar-refractivity contribution in [2.24, 2.45) is 5.92 Å². The smallest absolute Gasteiger partial charge is 0.257 e. The van der Waals surface area contributed by atoms with Crippen molar-refractivity contribution < 1.29 is 4.79 Å². The minimum atomic E-state index is 0.0858. The van der Waals surface area contributed by atoms with Gasteiger partial charge in [0, 0.05) is 19.3 Å². The summed E-state index contributed by atoms with van der Waals surface area (Å²) in [5.41, 5.74) is 1.62.